The third-order valence-electron chi connectivity index (χ3n) is 7.04. The number of carbonyl (C=O) groups excluding carboxylic acids is 1. The molecule has 2 aromatic carbocycles. The first kappa shape index (κ1) is 21.6. The SMILES string of the molecule is COc1ccc2c(c1)c(/C=C1\Oc3c(CN4CCCCC4C)c(O)cc(C)c3C1=O)cn2C. The van der Waals surface area contributed by atoms with Crippen LogP contribution in [0.15, 0.2) is 36.2 Å². The van der Waals surface area contributed by atoms with Gasteiger partial charge < -0.3 is 19.1 Å². The summed E-state index contributed by atoms with van der Waals surface area (Å²) in [5.41, 5.74) is 3.90. The molecule has 33 heavy (non-hydrogen) atoms. The van der Waals surface area contributed by atoms with Gasteiger partial charge in [0.25, 0.3) is 0 Å². The van der Waals surface area contributed by atoms with Crippen molar-refractivity contribution in [2.75, 3.05) is 13.7 Å². The molecular weight excluding hydrogens is 416 g/mol. The van der Waals surface area contributed by atoms with Gasteiger partial charge in [-0.1, -0.05) is 6.42 Å². The zero-order valence-electron chi connectivity index (χ0n) is 19.6. The summed E-state index contributed by atoms with van der Waals surface area (Å²) < 4.78 is 13.6. The Hall–Kier alpha value is -3.25. The minimum Gasteiger partial charge on any atom is -0.507 e. The number of likely N-dealkylation sites (tertiary alicyclic amines) is 1. The predicted molar refractivity (Wildman–Crippen MR) is 129 cm³/mol. The summed E-state index contributed by atoms with van der Waals surface area (Å²) in [6.45, 7) is 5.62. The van der Waals surface area contributed by atoms with Gasteiger partial charge >= 0.3 is 0 Å². The van der Waals surface area contributed by atoms with E-state index in [9.17, 15) is 9.90 Å². The van der Waals surface area contributed by atoms with Crippen molar-refractivity contribution in [2.24, 2.45) is 7.05 Å². The van der Waals surface area contributed by atoms with E-state index in [1.807, 2.05) is 42.9 Å². The molecule has 0 aliphatic carbocycles. The average Bonchev–Trinajstić information content (AvgIpc) is 3.29. The van der Waals surface area contributed by atoms with Crippen LogP contribution in [0.2, 0.25) is 0 Å². The van der Waals surface area contributed by atoms with Crippen LogP contribution in [0.4, 0.5) is 0 Å². The van der Waals surface area contributed by atoms with Crippen LogP contribution in [0.3, 0.4) is 0 Å². The number of piperidine rings is 1. The Bertz CT molecular complexity index is 1290. The van der Waals surface area contributed by atoms with Gasteiger partial charge in [0.2, 0.25) is 5.78 Å². The van der Waals surface area contributed by atoms with E-state index in [2.05, 4.69) is 11.8 Å². The first-order valence-electron chi connectivity index (χ1n) is 11.5. The minimum absolute atomic E-state index is 0.143. The highest BCUT2D eigenvalue weighted by molar-refractivity contribution is 6.16. The number of allylic oxidation sites excluding steroid dienone is 1. The van der Waals surface area contributed by atoms with Crippen molar-refractivity contribution in [2.45, 2.75) is 45.7 Å². The molecule has 5 rings (SSSR count). The fourth-order valence-electron chi connectivity index (χ4n) is 5.11. The molecule has 6 heteroatoms. The van der Waals surface area contributed by atoms with E-state index in [-0.39, 0.29) is 17.3 Å². The second-order valence-electron chi connectivity index (χ2n) is 9.23. The lowest BCUT2D eigenvalue weighted by molar-refractivity contribution is 0.101. The molecular formula is C27H30N2O4. The zero-order chi connectivity index (χ0) is 23.3. The number of Topliss-reactive ketones (excluding diaryl/α,β-unsaturated/α-hetero) is 1. The fraction of sp³-hybridized carbons (Fsp3) is 0.370. The Morgan fingerprint density at radius 1 is 1.27 bits per heavy atom. The Morgan fingerprint density at radius 2 is 2.09 bits per heavy atom. The highest BCUT2D eigenvalue weighted by Gasteiger charge is 2.34. The molecule has 0 spiro atoms. The normalized spacial score (nSPS) is 19.8. The second kappa shape index (κ2) is 8.27. The lowest BCUT2D eigenvalue weighted by atomic mass is 9.97. The number of methoxy groups -OCH3 is 1. The van der Waals surface area contributed by atoms with Gasteiger partial charge in [0, 0.05) is 42.3 Å². The zero-order valence-corrected chi connectivity index (χ0v) is 19.6. The topological polar surface area (TPSA) is 63.9 Å². The van der Waals surface area contributed by atoms with E-state index in [1.54, 1.807) is 19.3 Å². The summed E-state index contributed by atoms with van der Waals surface area (Å²) >= 11 is 0. The van der Waals surface area contributed by atoms with Crippen LogP contribution in [-0.4, -0.2) is 40.1 Å². The van der Waals surface area contributed by atoms with Crippen molar-refractivity contribution in [1.29, 1.82) is 0 Å². The average molecular weight is 447 g/mol. The molecule has 1 saturated heterocycles. The highest BCUT2D eigenvalue weighted by atomic mass is 16.5. The van der Waals surface area contributed by atoms with Crippen LogP contribution in [0.1, 0.15) is 53.2 Å². The monoisotopic (exact) mass is 446 g/mol. The number of nitrogens with zero attached hydrogens (tertiary/aromatic N) is 2. The Labute approximate surface area is 194 Å². The van der Waals surface area contributed by atoms with Crippen molar-refractivity contribution in [1.82, 2.24) is 9.47 Å². The summed E-state index contributed by atoms with van der Waals surface area (Å²) in [7, 11) is 3.62. The summed E-state index contributed by atoms with van der Waals surface area (Å²) in [6, 6.07) is 8.02. The number of aromatic nitrogens is 1. The van der Waals surface area contributed by atoms with Crippen molar-refractivity contribution in [3.8, 4) is 17.2 Å². The first-order chi connectivity index (χ1) is 15.9. The molecule has 2 aliphatic heterocycles. The van der Waals surface area contributed by atoms with Crippen LogP contribution in [0.25, 0.3) is 17.0 Å². The smallest absolute Gasteiger partial charge is 0.232 e. The molecule has 1 N–H and O–H groups in total. The van der Waals surface area contributed by atoms with Gasteiger partial charge in [-0.3, -0.25) is 9.69 Å². The molecule has 1 unspecified atom stereocenters. The van der Waals surface area contributed by atoms with E-state index in [4.69, 9.17) is 9.47 Å². The number of phenolic OH excluding ortho intramolecular Hbond substituents is 1. The molecule has 3 heterocycles. The summed E-state index contributed by atoms with van der Waals surface area (Å²) in [5, 5.41) is 11.8. The molecule has 1 atom stereocenters. The van der Waals surface area contributed by atoms with Gasteiger partial charge in [-0.25, -0.2) is 0 Å². The van der Waals surface area contributed by atoms with Gasteiger partial charge in [-0.05, 0) is 69.1 Å². The fourth-order valence-corrected chi connectivity index (χ4v) is 5.11. The molecule has 6 nitrogen and oxygen atoms in total. The third kappa shape index (κ3) is 3.68. The predicted octanol–water partition coefficient (Wildman–Crippen LogP) is 5.19. The number of ether oxygens (including phenoxy) is 2. The van der Waals surface area contributed by atoms with Crippen LogP contribution in [0.5, 0.6) is 17.2 Å². The Kier molecular flexibility index (Phi) is 5.41. The quantitative estimate of drug-likeness (QED) is 0.559. The first-order valence-corrected chi connectivity index (χ1v) is 11.5. The number of carbonyl (C=O) groups is 1. The lowest BCUT2D eigenvalue weighted by Gasteiger charge is -2.33. The van der Waals surface area contributed by atoms with E-state index in [0.717, 1.165) is 47.2 Å². The van der Waals surface area contributed by atoms with Crippen LogP contribution in [0, 0.1) is 6.92 Å². The summed E-state index contributed by atoms with van der Waals surface area (Å²) in [4.78, 5) is 15.7. The van der Waals surface area contributed by atoms with Crippen LogP contribution < -0.4 is 9.47 Å². The van der Waals surface area contributed by atoms with Gasteiger partial charge in [0.1, 0.15) is 17.2 Å². The number of benzene rings is 2. The number of rotatable bonds is 4. The van der Waals surface area contributed by atoms with Crippen molar-refractivity contribution in [3.63, 3.8) is 0 Å². The number of hydrogen-bond donors (Lipinski definition) is 1. The molecule has 0 radical (unpaired) electrons. The number of aromatic hydroxyl groups is 1. The summed E-state index contributed by atoms with van der Waals surface area (Å²) in [6.07, 6.45) is 7.30. The van der Waals surface area contributed by atoms with E-state index in [1.165, 1.54) is 6.42 Å². The van der Waals surface area contributed by atoms with Crippen LogP contribution >= 0.6 is 0 Å². The van der Waals surface area contributed by atoms with Crippen molar-refractivity contribution < 1.29 is 19.4 Å². The maximum Gasteiger partial charge on any atom is 0.232 e. The molecule has 1 fully saturated rings. The molecule has 1 aromatic heterocycles. The standard InChI is InChI=1S/C27H30N2O4/c1-16-11-23(30)21(15-29-10-6-5-7-17(29)2)27-25(16)26(31)24(33-27)12-18-14-28(3)22-9-8-19(32-4)13-20(18)22/h8-9,11-14,17,30H,5-7,10,15H2,1-4H3/b24-12-. The molecule has 0 saturated carbocycles. The van der Waals surface area contributed by atoms with Gasteiger partial charge in [-0.2, -0.15) is 0 Å². The van der Waals surface area contributed by atoms with Crippen molar-refractivity contribution in [3.05, 3.63) is 58.5 Å². The van der Waals surface area contributed by atoms with Gasteiger partial charge in [-0.15, -0.1) is 0 Å². The maximum absolute atomic E-state index is 13.4. The number of aryl methyl sites for hydroxylation is 2. The van der Waals surface area contributed by atoms with E-state index < -0.39 is 0 Å². The minimum atomic E-state index is -0.143. The molecule has 172 valence electrons. The largest absolute Gasteiger partial charge is 0.507 e. The van der Waals surface area contributed by atoms with E-state index >= 15 is 0 Å². The summed E-state index contributed by atoms with van der Waals surface area (Å²) in [5.74, 6) is 1.58. The lowest BCUT2D eigenvalue weighted by Crippen LogP contribution is -2.36. The molecule has 0 amide bonds. The Morgan fingerprint density at radius 3 is 2.85 bits per heavy atom. The molecule has 2 aliphatic rings. The van der Waals surface area contributed by atoms with Gasteiger partial charge in [0.05, 0.1) is 18.2 Å². The molecule has 0 bridgehead atoms. The number of fused-ring (bicyclic) bond motifs is 2. The van der Waals surface area contributed by atoms with E-state index in [0.29, 0.717) is 29.5 Å². The highest BCUT2D eigenvalue weighted by Crippen LogP contribution is 2.43. The maximum atomic E-state index is 13.4. The van der Waals surface area contributed by atoms with Crippen LogP contribution in [-0.2, 0) is 13.6 Å². The Balaban J connectivity index is 1.56. The molecule has 3 aromatic rings. The van der Waals surface area contributed by atoms with Crippen molar-refractivity contribution >= 4 is 22.8 Å². The number of ketones is 1. The number of phenols is 1. The number of hydrogen-bond acceptors (Lipinski definition) is 5. The van der Waals surface area contributed by atoms with Gasteiger partial charge in [0.15, 0.2) is 5.76 Å². The second-order valence-corrected chi connectivity index (χ2v) is 9.23. The third-order valence-corrected chi connectivity index (χ3v) is 7.04.